The van der Waals surface area contributed by atoms with Gasteiger partial charge in [-0.25, -0.2) is 0 Å². The highest BCUT2D eigenvalue weighted by atomic mass is 16.5. The first kappa shape index (κ1) is 27.0. The summed E-state index contributed by atoms with van der Waals surface area (Å²) in [5, 5.41) is 18.9. The normalized spacial score (nSPS) is 22.8. The summed E-state index contributed by atoms with van der Waals surface area (Å²) in [7, 11) is 0. The number of fused-ring (bicyclic) bond motifs is 2. The molecule has 0 radical (unpaired) electrons. The molecule has 1 aromatic rings. The van der Waals surface area contributed by atoms with Crippen molar-refractivity contribution < 1.29 is 14.9 Å². The predicted octanol–water partition coefficient (Wildman–Crippen LogP) is 6.57. The van der Waals surface area contributed by atoms with Crippen LogP contribution < -0.4 is 4.74 Å². The van der Waals surface area contributed by atoms with Gasteiger partial charge in [0.15, 0.2) is 0 Å². The number of aliphatic hydroxyl groups excluding tert-OH is 2. The highest BCUT2D eigenvalue weighted by Crippen LogP contribution is 2.43. The van der Waals surface area contributed by atoms with E-state index in [2.05, 4.69) is 39.0 Å². The van der Waals surface area contributed by atoms with Crippen molar-refractivity contribution in [2.45, 2.75) is 112 Å². The zero-order valence-corrected chi connectivity index (χ0v) is 20.5. The molecule has 2 aliphatic rings. The third-order valence-corrected chi connectivity index (χ3v) is 6.18. The molecule has 30 heavy (non-hydrogen) atoms. The van der Waals surface area contributed by atoms with Crippen molar-refractivity contribution in [1.82, 2.24) is 0 Å². The first-order valence-electron chi connectivity index (χ1n) is 12.5. The fourth-order valence-corrected chi connectivity index (χ4v) is 4.48. The zero-order valence-electron chi connectivity index (χ0n) is 20.5. The highest BCUT2D eigenvalue weighted by molar-refractivity contribution is 5.42. The molecule has 3 nitrogen and oxygen atoms in total. The summed E-state index contributed by atoms with van der Waals surface area (Å²) in [6.07, 6.45) is 9.64. The van der Waals surface area contributed by atoms with Crippen molar-refractivity contribution in [2.75, 3.05) is 6.61 Å². The maximum atomic E-state index is 9.85. The number of aliphatic hydroxyl groups is 2. The molecule has 3 rings (SSSR count). The summed E-state index contributed by atoms with van der Waals surface area (Å²) in [6, 6.07) is 6.45. The minimum atomic E-state index is -0.0793. The zero-order chi connectivity index (χ0) is 22.5. The van der Waals surface area contributed by atoms with Gasteiger partial charge in [-0.05, 0) is 73.5 Å². The first-order valence-corrected chi connectivity index (χ1v) is 12.5. The molecule has 2 aliphatic carbocycles. The molecule has 0 bridgehead atoms. The Morgan fingerprint density at radius 3 is 2.30 bits per heavy atom. The Labute approximate surface area is 186 Å². The van der Waals surface area contributed by atoms with Crippen LogP contribution in [0.3, 0.4) is 0 Å². The lowest BCUT2D eigenvalue weighted by atomic mass is 9.77. The molecule has 0 aliphatic heterocycles. The number of ether oxygens (including phenoxy) is 1. The lowest BCUT2D eigenvalue weighted by Crippen LogP contribution is -2.21. The van der Waals surface area contributed by atoms with Crippen molar-refractivity contribution in [1.29, 1.82) is 0 Å². The maximum absolute atomic E-state index is 9.85. The molecule has 1 aromatic carbocycles. The number of hydrogen-bond donors (Lipinski definition) is 2. The van der Waals surface area contributed by atoms with E-state index in [0.29, 0.717) is 17.8 Å². The van der Waals surface area contributed by atoms with Gasteiger partial charge >= 0.3 is 0 Å². The Balaban J connectivity index is 0.000000349. The standard InChI is InChI=1S/C17H24O2.C8H18O.C2H6/c1-11(2)10-19-17-5-3-4-12-6-13-7-15(18)8-14(13)9-16(12)17;1-3-5-6-7-8(9)4-2;1-2/h3-5,11,13-15,18H,6-10H2,1-2H3;8-9H,3-7H2,1-2H3;1-2H3/t13-,14-,15?;;/m1../s1. The average molecular weight is 421 g/mol. The van der Waals surface area contributed by atoms with Crippen molar-refractivity contribution >= 4 is 0 Å². The van der Waals surface area contributed by atoms with Crippen LogP contribution >= 0.6 is 0 Å². The molecule has 4 atom stereocenters. The summed E-state index contributed by atoms with van der Waals surface area (Å²) in [5.41, 5.74) is 2.84. The van der Waals surface area contributed by atoms with E-state index in [1.807, 2.05) is 20.8 Å². The van der Waals surface area contributed by atoms with Gasteiger partial charge in [0.25, 0.3) is 0 Å². The van der Waals surface area contributed by atoms with E-state index < -0.39 is 0 Å². The molecule has 1 fully saturated rings. The van der Waals surface area contributed by atoms with Gasteiger partial charge in [-0.3, -0.25) is 0 Å². The monoisotopic (exact) mass is 420 g/mol. The second-order valence-electron chi connectivity index (χ2n) is 9.21. The summed E-state index contributed by atoms with van der Waals surface area (Å²) in [4.78, 5) is 0. The van der Waals surface area contributed by atoms with Crippen LogP contribution in [0.4, 0.5) is 0 Å². The van der Waals surface area contributed by atoms with Gasteiger partial charge in [0.1, 0.15) is 5.75 Å². The quantitative estimate of drug-likeness (QED) is 0.468. The van der Waals surface area contributed by atoms with Crippen LogP contribution in [0.1, 0.15) is 97.6 Å². The molecular formula is C27H48O3. The third kappa shape index (κ3) is 8.98. The molecule has 0 amide bonds. The van der Waals surface area contributed by atoms with Crippen molar-refractivity contribution in [3.8, 4) is 5.75 Å². The SMILES string of the molecule is CC.CC(C)COc1cccc2c1C[C@H]1CC(O)C[C@H]1C2.CCCCCC(O)CC. The van der Waals surface area contributed by atoms with Crippen LogP contribution in [0.25, 0.3) is 0 Å². The molecular weight excluding hydrogens is 372 g/mol. The topological polar surface area (TPSA) is 49.7 Å². The van der Waals surface area contributed by atoms with Gasteiger partial charge in [-0.1, -0.05) is 72.9 Å². The number of hydrogen-bond acceptors (Lipinski definition) is 3. The summed E-state index contributed by atoms with van der Waals surface area (Å²) in [5.74, 6) is 2.97. The van der Waals surface area contributed by atoms with Gasteiger partial charge < -0.3 is 14.9 Å². The summed E-state index contributed by atoms with van der Waals surface area (Å²) >= 11 is 0. The summed E-state index contributed by atoms with van der Waals surface area (Å²) in [6.45, 7) is 13.3. The number of benzene rings is 1. The fourth-order valence-electron chi connectivity index (χ4n) is 4.48. The van der Waals surface area contributed by atoms with E-state index in [1.165, 1.54) is 30.4 Å². The Morgan fingerprint density at radius 1 is 1.03 bits per heavy atom. The second-order valence-corrected chi connectivity index (χ2v) is 9.21. The Hall–Kier alpha value is -1.06. The molecule has 3 heteroatoms. The van der Waals surface area contributed by atoms with Crippen LogP contribution in [0, 0.1) is 17.8 Å². The van der Waals surface area contributed by atoms with Crippen LogP contribution in [0.15, 0.2) is 18.2 Å². The number of unbranched alkanes of at least 4 members (excludes halogenated alkanes) is 2. The maximum Gasteiger partial charge on any atom is 0.122 e. The molecule has 0 aromatic heterocycles. The molecule has 0 heterocycles. The first-order chi connectivity index (χ1) is 14.4. The minimum absolute atomic E-state index is 0.0449. The summed E-state index contributed by atoms with van der Waals surface area (Å²) < 4.78 is 5.98. The smallest absolute Gasteiger partial charge is 0.122 e. The third-order valence-electron chi connectivity index (χ3n) is 6.18. The lowest BCUT2D eigenvalue weighted by molar-refractivity contribution is 0.156. The van der Waals surface area contributed by atoms with Crippen LogP contribution in [0.5, 0.6) is 5.75 Å². The highest BCUT2D eigenvalue weighted by Gasteiger charge is 2.37. The lowest BCUT2D eigenvalue weighted by Gasteiger charge is -2.29. The van der Waals surface area contributed by atoms with E-state index >= 15 is 0 Å². The van der Waals surface area contributed by atoms with E-state index in [4.69, 9.17) is 9.84 Å². The van der Waals surface area contributed by atoms with Crippen LogP contribution in [0.2, 0.25) is 0 Å². The van der Waals surface area contributed by atoms with Crippen molar-refractivity contribution in [3.63, 3.8) is 0 Å². The van der Waals surface area contributed by atoms with Crippen LogP contribution in [-0.2, 0) is 12.8 Å². The molecule has 0 saturated heterocycles. The van der Waals surface area contributed by atoms with E-state index in [-0.39, 0.29) is 12.2 Å². The second kappa shape index (κ2) is 14.9. The fraction of sp³-hybridized carbons (Fsp3) is 0.778. The Bertz CT molecular complexity index is 569. The van der Waals surface area contributed by atoms with E-state index in [1.54, 1.807) is 0 Å². The van der Waals surface area contributed by atoms with E-state index in [9.17, 15) is 5.11 Å². The molecule has 1 saturated carbocycles. The predicted molar refractivity (Wildman–Crippen MR) is 128 cm³/mol. The Morgan fingerprint density at radius 2 is 1.70 bits per heavy atom. The van der Waals surface area contributed by atoms with E-state index in [0.717, 1.165) is 50.9 Å². The van der Waals surface area contributed by atoms with Gasteiger partial charge in [0.2, 0.25) is 0 Å². The minimum Gasteiger partial charge on any atom is -0.493 e. The average Bonchev–Trinajstić information content (AvgIpc) is 3.11. The molecule has 0 spiro atoms. The van der Waals surface area contributed by atoms with Crippen molar-refractivity contribution in [3.05, 3.63) is 29.3 Å². The van der Waals surface area contributed by atoms with Crippen LogP contribution in [-0.4, -0.2) is 29.0 Å². The number of rotatable bonds is 8. The molecule has 2 N–H and O–H groups in total. The van der Waals surface area contributed by atoms with Crippen molar-refractivity contribution in [2.24, 2.45) is 17.8 Å². The van der Waals surface area contributed by atoms with Gasteiger partial charge in [-0.15, -0.1) is 0 Å². The molecule has 174 valence electrons. The van der Waals surface area contributed by atoms with Gasteiger partial charge in [0, 0.05) is 0 Å². The Kier molecular flexibility index (Phi) is 13.4. The molecule has 2 unspecified atom stereocenters. The van der Waals surface area contributed by atoms with Gasteiger partial charge in [0.05, 0.1) is 18.8 Å². The largest absolute Gasteiger partial charge is 0.493 e. The van der Waals surface area contributed by atoms with Gasteiger partial charge in [-0.2, -0.15) is 0 Å².